The molecule has 0 radical (unpaired) electrons. The molecule has 0 aliphatic carbocycles. The molecule has 5 nitrogen and oxygen atoms in total. The number of benzene rings is 1. The van der Waals surface area contributed by atoms with Crippen molar-refractivity contribution in [2.75, 3.05) is 13.2 Å². The molecule has 1 atom stereocenters. The van der Waals surface area contributed by atoms with Gasteiger partial charge >= 0.3 is 0 Å². The van der Waals surface area contributed by atoms with Crippen molar-refractivity contribution in [3.8, 4) is 11.5 Å². The summed E-state index contributed by atoms with van der Waals surface area (Å²) in [6.07, 6.45) is 0.955. The zero-order valence-electron chi connectivity index (χ0n) is 13.1. The summed E-state index contributed by atoms with van der Waals surface area (Å²) in [4.78, 5) is 4.42. The van der Waals surface area contributed by atoms with E-state index < -0.39 is 5.54 Å². The second-order valence-electron chi connectivity index (χ2n) is 5.69. The number of hydrogen-bond donors (Lipinski definition) is 1. The summed E-state index contributed by atoms with van der Waals surface area (Å²) >= 11 is 0. The number of hydrogen-bond acceptors (Lipinski definition) is 5. The van der Waals surface area contributed by atoms with Gasteiger partial charge < -0.3 is 15.0 Å². The molecule has 1 unspecified atom stereocenters. The zero-order valence-corrected chi connectivity index (χ0v) is 13.1. The largest absolute Gasteiger partial charge is 0.379 e. The molecule has 2 aromatic rings. The molecule has 0 fully saturated rings. The molecular formula is C16H23N3O2. The third-order valence-electron chi connectivity index (χ3n) is 3.44. The number of aromatic nitrogens is 2. The fraction of sp³-hybridized carbons (Fsp3) is 0.500. The van der Waals surface area contributed by atoms with Gasteiger partial charge in [0.25, 0.3) is 5.89 Å². The van der Waals surface area contributed by atoms with E-state index >= 15 is 0 Å². The van der Waals surface area contributed by atoms with Crippen LogP contribution >= 0.6 is 0 Å². The molecule has 1 aromatic heterocycles. The van der Waals surface area contributed by atoms with Crippen LogP contribution in [-0.2, 0) is 10.3 Å². The Hall–Kier alpha value is -1.72. The van der Waals surface area contributed by atoms with Crippen molar-refractivity contribution in [2.24, 2.45) is 5.73 Å². The van der Waals surface area contributed by atoms with E-state index in [1.807, 2.05) is 25.1 Å². The van der Waals surface area contributed by atoms with Crippen LogP contribution in [0.5, 0.6) is 0 Å². The molecule has 0 aliphatic rings. The topological polar surface area (TPSA) is 74.2 Å². The Morgan fingerprint density at radius 2 is 2.05 bits per heavy atom. The number of rotatable bonds is 6. The lowest BCUT2D eigenvalue weighted by Gasteiger charge is -2.19. The Morgan fingerprint density at radius 3 is 2.71 bits per heavy atom. The van der Waals surface area contributed by atoms with Crippen molar-refractivity contribution in [2.45, 2.75) is 39.7 Å². The molecule has 0 amide bonds. The zero-order chi connectivity index (χ0) is 15.5. The van der Waals surface area contributed by atoms with Crippen LogP contribution in [0.2, 0.25) is 0 Å². The van der Waals surface area contributed by atoms with Crippen molar-refractivity contribution in [3.63, 3.8) is 0 Å². The molecule has 2 N–H and O–H groups in total. The number of ether oxygens (including phenoxy) is 1. The first-order valence-corrected chi connectivity index (χ1v) is 7.22. The minimum atomic E-state index is -0.753. The quantitative estimate of drug-likeness (QED) is 0.828. The Bertz CT molecular complexity index is 605. The second-order valence-corrected chi connectivity index (χ2v) is 5.69. The Kier molecular flexibility index (Phi) is 4.75. The van der Waals surface area contributed by atoms with Crippen LogP contribution in [0.3, 0.4) is 0 Å². The first-order chi connectivity index (χ1) is 9.94. The third kappa shape index (κ3) is 3.68. The van der Waals surface area contributed by atoms with Gasteiger partial charge in [0.1, 0.15) is 5.54 Å². The lowest BCUT2D eigenvalue weighted by Crippen LogP contribution is -2.39. The van der Waals surface area contributed by atoms with Crippen LogP contribution in [0.25, 0.3) is 11.5 Å². The predicted molar refractivity (Wildman–Crippen MR) is 81.9 cm³/mol. The Morgan fingerprint density at radius 1 is 1.29 bits per heavy atom. The van der Waals surface area contributed by atoms with E-state index in [9.17, 15) is 0 Å². The maximum Gasteiger partial charge on any atom is 0.258 e. The standard InChI is InChI=1S/C16H23N3O2/c1-5-8-20-10-16(4,17)15-18-14(21-19-15)13-7-6-11(2)12(3)9-13/h6-7,9H,5,8,10,17H2,1-4H3. The van der Waals surface area contributed by atoms with Crippen molar-refractivity contribution >= 4 is 0 Å². The van der Waals surface area contributed by atoms with E-state index in [0.717, 1.165) is 12.0 Å². The van der Waals surface area contributed by atoms with Gasteiger partial charge in [-0.05, 0) is 50.5 Å². The molecule has 21 heavy (non-hydrogen) atoms. The highest BCUT2D eigenvalue weighted by molar-refractivity contribution is 5.55. The fourth-order valence-corrected chi connectivity index (χ4v) is 1.94. The molecule has 1 aromatic carbocycles. The molecule has 0 saturated carbocycles. The van der Waals surface area contributed by atoms with Crippen LogP contribution in [0.4, 0.5) is 0 Å². The summed E-state index contributed by atoms with van der Waals surface area (Å²) < 4.78 is 10.8. The average molecular weight is 289 g/mol. The highest BCUT2D eigenvalue weighted by Crippen LogP contribution is 2.23. The molecule has 5 heteroatoms. The summed E-state index contributed by atoms with van der Waals surface area (Å²) in [5.74, 6) is 0.951. The van der Waals surface area contributed by atoms with Gasteiger partial charge in [0.15, 0.2) is 5.82 Å². The van der Waals surface area contributed by atoms with Crippen LogP contribution in [0.15, 0.2) is 22.7 Å². The molecular weight excluding hydrogens is 266 g/mol. The summed E-state index contributed by atoms with van der Waals surface area (Å²) in [5.41, 5.74) is 8.79. The fourth-order valence-electron chi connectivity index (χ4n) is 1.94. The van der Waals surface area contributed by atoms with Gasteiger partial charge in [-0.3, -0.25) is 0 Å². The molecule has 0 saturated heterocycles. The van der Waals surface area contributed by atoms with Crippen molar-refractivity contribution in [3.05, 3.63) is 35.2 Å². The molecule has 0 aliphatic heterocycles. The van der Waals surface area contributed by atoms with E-state index in [1.165, 1.54) is 11.1 Å². The first kappa shape index (κ1) is 15.7. The molecule has 2 rings (SSSR count). The summed E-state index contributed by atoms with van der Waals surface area (Å²) in [6, 6.07) is 6.05. The van der Waals surface area contributed by atoms with Gasteiger partial charge in [-0.15, -0.1) is 0 Å². The van der Waals surface area contributed by atoms with E-state index in [2.05, 4.69) is 30.9 Å². The summed E-state index contributed by atoms with van der Waals surface area (Å²) in [5, 5.41) is 4.00. The van der Waals surface area contributed by atoms with Crippen molar-refractivity contribution in [1.29, 1.82) is 0 Å². The SMILES string of the molecule is CCCOCC(C)(N)c1noc(-c2ccc(C)c(C)c2)n1. The van der Waals surface area contributed by atoms with Crippen LogP contribution in [0.1, 0.15) is 37.2 Å². The van der Waals surface area contributed by atoms with E-state index in [1.54, 1.807) is 0 Å². The van der Waals surface area contributed by atoms with Crippen molar-refractivity contribution in [1.82, 2.24) is 10.1 Å². The predicted octanol–water partition coefficient (Wildman–Crippen LogP) is 2.95. The van der Waals surface area contributed by atoms with Crippen LogP contribution < -0.4 is 5.73 Å². The molecule has 0 spiro atoms. The van der Waals surface area contributed by atoms with Gasteiger partial charge in [0.05, 0.1) is 6.61 Å². The number of nitrogens with zero attached hydrogens (tertiary/aromatic N) is 2. The van der Waals surface area contributed by atoms with Crippen LogP contribution in [-0.4, -0.2) is 23.4 Å². The maximum atomic E-state index is 6.21. The van der Waals surface area contributed by atoms with E-state index in [0.29, 0.717) is 24.9 Å². The summed E-state index contributed by atoms with van der Waals surface area (Å²) in [6.45, 7) is 9.07. The average Bonchev–Trinajstić information content (AvgIpc) is 2.92. The monoisotopic (exact) mass is 289 g/mol. The lowest BCUT2D eigenvalue weighted by molar-refractivity contribution is 0.0867. The van der Waals surface area contributed by atoms with Crippen molar-refractivity contribution < 1.29 is 9.26 Å². The van der Waals surface area contributed by atoms with Gasteiger partial charge in [-0.25, -0.2) is 0 Å². The van der Waals surface area contributed by atoms with Crippen LogP contribution in [0, 0.1) is 13.8 Å². The Labute approximate surface area is 125 Å². The number of nitrogens with two attached hydrogens (primary N) is 1. The number of aryl methyl sites for hydroxylation is 2. The highest BCUT2D eigenvalue weighted by Gasteiger charge is 2.28. The minimum absolute atomic E-state index is 0.368. The first-order valence-electron chi connectivity index (χ1n) is 7.22. The van der Waals surface area contributed by atoms with E-state index in [-0.39, 0.29) is 0 Å². The summed E-state index contributed by atoms with van der Waals surface area (Å²) in [7, 11) is 0. The highest BCUT2D eigenvalue weighted by atomic mass is 16.5. The Balaban J connectivity index is 2.18. The normalized spacial score (nSPS) is 14.1. The smallest absolute Gasteiger partial charge is 0.258 e. The third-order valence-corrected chi connectivity index (χ3v) is 3.44. The second kappa shape index (κ2) is 6.37. The van der Waals surface area contributed by atoms with Gasteiger partial charge in [0.2, 0.25) is 0 Å². The van der Waals surface area contributed by atoms with Gasteiger partial charge in [-0.1, -0.05) is 18.1 Å². The molecule has 114 valence electrons. The molecule has 1 heterocycles. The van der Waals surface area contributed by atoms with Gasteiger partial charge in [-0.2, -0.15) is 4.98 Å². The van der Waals surface area contributed by atoms with E-state index in [4.69, 9.17) is 15.0 Å². The molecule has 0 bridgehead atoms. The minimum Gasteiger partial charge on any atom is -0.379 e. The van der Waals surface area contributed by atoms with Gasteiger partial charge in [0, 0.05) is 12.2 Å². The maximum absolute atomic E-state index is 6.21. The lowest BCUT2D eigenvalue weighted by atomic mass is 10.0.